The van der Waals surface area contributed by atoms with Crippen molar-refractivity contribution in [2.45, 2.75) is 57.4 Å². The van der Waals surface area contributed by atoms with Gasteiger partial charge in [0.2, 0.25) is 0 Å². The van der Waals surface area contributed by atoms with Gasteiger partial charge in [0.25, 0.3) is 5.91 Å². The first kappa shape index (κ1) is 31.9. The molecule has 0 spiro atoms. The van der Waals surface area contributed by atoms with Crippen LogP contribution in [-0.4, -0.2) is 72.7 Å². The molecule has 2 aromatic carbocycles. The number of aromatic amines is 1. The van der Waals surface area contributed by atoms with Crippen LogP contribution in [0.1, 0.15) is 37.7 Å². The number of carbonyl (C=O) groups is 2. The van der Waals surface area contributed by atoms with Crippen LogP contribution >= 0.6 is 0 Å². The molecule has 0 saturated carbocycles. The van der Waals surface area contributed by atoms with Gasteiger partial charge in [-0.25, -0.2) is 19.2 Å². The number of nitrogens with one attached hydrogen (secondary N) is 3. The molecule has 1 aliphatic rings. The molecule has 11 nitrogen and oxygen atoms in total. The molecule has 5 rings (SSSR count). The molecule has 238 valence electrons. The van der Waals surface area contributed by atoms with Crippen LogP contribution in [0, 0.1) is 5.82 Å². The second-order valence-corrected chi connectivity index (χ2v) is 17.5. The fourth-order valence-corrected chi connectivity index (χ4v) is 6.40. The fourth-order valence-electron chi connectivity index (χ4n) is 5.36. The zero-order chi connectivity index (χ0) is 32.5. The zero-order valence-corrected chi connectivity index (χ0v) is 27.3. The van der Waals surface area contributed by atoms with Crippen LogP contribution in [0.5, 0.6) is 5.75 Å². The second kappa shape index (κ2) is 12.5. The third kappa shape index (κ3) is 6.64. The molecule has 13 heteroatoms. The van der Waals surface area contributed by atoms with E-state index >= 15 is 0 Å². The Bertz CT molecular complexity index is 1720. The zero-order valence-electron chi connectivity index (χ0n) is 26.3. The Balaban J connectivity index is 1.50. The van der Waals surface area contributed by atoms with Crippen molar-refractivity contribution in [1.29, 1.82) is 0 Å². The fraction of sp³-hybridized carbons (Fsp3) is 0.375. The Morgan fingerprint density at radius 3 is 2.67 bits per heavy atom. The topological polar surface area (TPSA) is 142 Å². The van der Waals surface area contributed by atoms with Crippen LogP contribution < -0.4 is 20.3 Å². The molecule has 45 heavy (non-hydrogen) atoms. The molecule has 0 unspecified atom stereocenters. The molecular weight excluding hydrogens is 595 g/mol. The number of carbonyl (C=O) groups excluding carboxylic acids is 1. The van der Waals surface area contributed by atoms with E-state index < -0.39 is 26.1 Å². The summed E-state index contributed by atoms with van der Waals surface area (Å²) in [5.74, 6) is -0.823. The summed E-state index contributed by atoms with van der Waals surface area (Å²) < 4.78 is 26.7. The number of anilines is 2. The minimum atomic E-state index is -2.12. The maximum Gasteiger partial charge on any atom is 0.404 e. The molecule has 4 N–H and O–H groups in total. The molecule has 2 atom stereocenters. The van der Waals surface area contributed by atoms with Crippen LogP contribution in [0.4, 0.5) is 20.6 Å². The van der Waals surface area contributed by atoms with E-state index in [9.17, 15) is 19.1 Å². The van der Waals surface area contributed by atoms with Gasteiger partial charge in [-0.2, -0.15) is 0 Å². The third-order valence-corrected chi connectivity index (χ3v) is 13.2. The Morgan fingerprint density at radius 2 is 1.96 bits per heavy atom. The number of hydrogen-bond acceptors (Lipinski definition) is 7. The van der Waals surface area contributed by atoms with E-state index in [4.69, 9.17) is 9.16 Å². The Hall–Kier alpha value is -4.49. The number of rotatable bonds is 9. The van der Waals surface area contributed by atoms with Gasteiger partial charge in [-0.3, -0.25) is 4.79 Å². The van der Waals surface area contributed by atoms with Crippen molar-refractivity contribution in [3.05, 3.63) is 66.4 Å². The van der Waals surface area contributed by atoms with E-state index in [0.717, 1.165) is 16.6 Å². The number of methoxy groups -OCH3 is 1. The first-order valence-electron chi connectivity index (χ1n) is 14.8. The lowest BCUT2D eigenvalue weighted by molar-refractivity contribution is 0.102. The van der Waals surface area contributed by atoms with Crippen molar-refractivity contribution in [2.24, 2.45) is 0 Å². The molecule has 4 aromatic rings. The molecule has 2 amide bonds. The first-order valence-corrected chi connectivity index (χ1v) is 17.7. The number of fused-ring (bicyclic) bond motifs is 1. The monoisotopic (exact) mass is 634 g/mol. The first-order chi connectivity index (χ1) is 21.3. The summed E-state index contributed by atoms with van der Waals surface area (Å²) in [4.78, 5) is 39.2. The maximum atomic E-state index is 14.8. The smallest absolute Gasteiger partial charge is 0.404 e. The molecular formula is C32H39FN6O5Si. The van der Waals surface area contributed by atoms with Crippen LogP contribution in [-0.2, 0) is 4.43 Å². The maximum absolute atomic E-state index is 14.8. The number of nitrogens with zero attached hydrogens (tertiary/aromatic N) is 3. The normalized spacial score (nSPS) is 17.0. The van der Waals surface area contributed by atoms with Crippen LogP contribution in [0.25, 0.3) is 22.3 Å². The SMILES string of the molecule is COc1cccc(F)c1-c1nccc(C(=O)Nc2ccc3[nH]ccc3c2N2C[C@@H](NC(=O)O)C[C@H]2CO[Si](C)(C)C(C)(C)C)n1. The highest BCUT2D eigenvalue weighted by Crippen LogP contribution is 2.41. The van der Waals surface area contributed by atoms with Crippen molar-refractivity contribution in [3.63, 3.8) is 0 Å². The van der Waals surface area contributed by atoms with Gasteiger partial charge in [-0.15, -0.1) is 0 Å². The van der Waals surface area contributed by atoms with E-state index in [1.807, 2.05) is 18.3 Å². The predicted octanol–water partition coefficient (Wildman–Crippen LogP) is 6.26. The number of aromatic nitrogens is 3. The minimum Gasteiger partial charge on any atom is -0.496 e. The summed E-state index contributed by atoms with van der Waals surface area (Å²) >= 11 is 0. The van der Waals surface area contributed by atoms with E-state index in [2.05, 4.69) is 64.4 Å². The quantitative estimate of drug-likeness (QED) is 0.158. The van der Waals surface area contributed by atoms with Crippen molar-refractivity contribution in [3.8, 4) is 17.1 Å². The largest absolute Gasteiger partial charge is 0.496 e. The second-order valence-electron chi connectivity index (χ2n) is 12.7. The minimum absolute atomic E-state index is 0.00197. The molecule has 2 aromatic heterocycles. The van der Waals surface area contributed by atoms with Crippen molar-refractivity contribution in [2.75, 3.05) is 30.5 Å². The number of ether oxygens (including phenoxy) is 1. The molecule has 3 heterocycles. The molecule has 0 aliphatic carbocycles. The van der Waals surface area contributed by atoms with Crippen LogP contribution in [0.15, 0.2) is 54.9 Å². The van der Waals surface area contributed by atoms with Gasteiger partial charge < -0.3 is 34.8 Å². The van der Waals surface area contributed by atoms with Gasteiger partial charge >= 0.3 is 6.09 Å². The summed E-state index contributed by atoms with van der Waals surface area (Å²) in [5.41, 5.74) is 2.21. The van der Waals surface area contributed by atoms with Crippen molar-refractivity contribution < 1.29 is 28.2 Å². The molecule has 1 aliphatic heterocycles. The van der Waals surface area contributed by atoms with E-state index in [1.165, 1.54) is 31.5 Å². The van der Waals surface area contributed by atoms with Gasteiger partial charge in [-0.05, 0) is 61.0 Å². The molecule has 0 bridgehead atoms. The Kier molecular flexibility index (Phi) is 8.85. The van der Waals surface area contributed by atoms with Gasteiger partial charge in [0.15, 0.2) is 14.1 Å². The molecule has 1 fully saturated rings. The van der Waals surface area contributed by atoms with Gasteiger partial charge in [0, 0.05) is 29.8 Å². The summed E-state index contributed by atoms with van der Waals surface area (Å²) in [6, 6.07) is 11.0. The highest BCUT2D eigenvalue weighted by molar-refractivity contribution is 6.74. The number of halogens is 1. The number of amides is 2. The average Bonchev–Trinajstić information content (AvgIpc) is 3.62. The third-order valence-electron chi connectivity index (χ3n) is 8.73. The van der Waals surface area contributed by atoms with Gasteiger partial charge in [0.05, 0.1) is 42.7 Å². The van der Waals surface area contributed by atoms with E-state index in [1.54, 1.807) is 12.1 Å². The molecule has 0 radical (unpaired) electrons. The summed E-state index contributed by atoms with van der Waals surface area (Å²) in [7, 11) is -0.691. The highest BCUT2D eigenvalue weighted by atomic mass is 28.4. The van der Waals surface area contributed by atoms with Crippen molar-refractivity contribution in [1.82, 2.24) is 20.3 Å². The molecule has 1 saturated heterocycles. The average molecular weight is 635 g/mol. The Morgan fingerprint density at radius 1 is 1.18 bits per heavy atom. The number of carboxylic acid groups (broad SMARTS) is 1. The van der Waals surface area contributed by atoms with Crippen LogP contribution in [0.2, 0.25) is 18.1 Å². The van der Waals surface area contributed by atoms with E-state index in [0.29, 0.717) is 25.3 Å². The lowest BCUT2D eigenvalue weighted by atomic mass is 10.1. The Labute approximate surface area is 262 Å². The van der Waals surface area contributed by atoms with E-state index in [-0.39, 0.29) is 40.0 Å². The standard InChI is InChI=1S/C32H39FN6O5Si/c1-32(2,3)45(5,6)44-18-20-16-19(36-31(41)42)17-39(20)28-21-12-14-34-23(21)10-11-24(28)38-30(40)25-13-15-35-29(37-25)27-22(33)8-7-9-26(27)43-4/h7-15,19-20,34,36H,16-18H2,1-6H3,(H,38,40)(H,41,42)/t19-,20-/m0/s1. The summed E-state index contributed by atoms with van der Waals surface area (Å²) in [6.45, 7) is 11.7. The van der Waals surface area contributed by atoms with Gasteiger partial charge in [-0.1, -0.05) is 26.8 Å². The predicted molar refractivity (Wildman–Crippen MR) is 174 cm³/mol. The number of benzene rings is 2. The summed E-state index contributed by atoms with van der Waals surface area (Å²) in [6.07, 6.45) is 2.67. The number of H-pyrrole nitrogens is 1. The number of hydrogen-bond donors (Lipinski definition) is 4. The summed E-state index contributed by atoms with van der Waals surface area (Å²) in [5, 5.41) is 16.0. The van der Waals surface area contributed by atoms with Crippen molar-refractivity contribution >= 4 is 42.6 Å². The van der Waals surface area contributed by atoms with Gasteiger partial charge in [0.1, 0.15) is 17.3 Å². The lowest BCUT2D eigenvalue weighted by Gasteiger charge is -2.38. The van der Waals surface area contributed by atoms with Crippen LogP contribution in [0.3, 0.4) is 0 Å². The highest BCUT2D eigenvalue weighted by Gasteiger charge is 2.41. The lowest BCUT2D eigenvalue weighted by Crippen LogP contribution is -2.45.